The molecule has 110 valence electrons. The fraction of sp³-hybridized carbons (Fsp3) is 0.312. The minimum absolute atomic E-state index is 0.0386. The molecule has 0 saturated carbocycles. The van der Waals surface area contributed by atoms with Gasteiger partial charge in [-0.05, 0) is 31.5 Å². The van der Waals surface area contributed by atoms with Gasteiger partial charge in [0.1, 0.15) is 0 Å². The molecule has 0 bridgehead atoms. The Morgan fingerprint density at radius 3 is 2.81 bits per heavy atom. The second kappa shape index (κ2) is 6.35. The molecule has 0 fully saturated rings. The van der Waals surface area contributed by atoms with Gasteiger partial charge >= 0.3 is 0 Å². The molecule has 21 heavy (non-hydrogen) atoms. The third-order valence-corrected chi connectivity index (χ3v) is 3.34. The van der Waals surface area contributed by atoms with E-state index < -0.39 is 0 Å². The average molecular weight is 285 g/mol. The molecule has 0 radical (unpaired) electrons. The summed E-state index contributed by atoms with van der Waals surface area (Å²) in [5.74, 6) is -0.188. The maximum Gasteiger partial charge on any atom is 0.252 e. The molecule has 0 aromatic carbocycles. The van der Waals surface area contributed by atoms with Crippen molar-refractivity contribution in [3.63, 3.8) is 0 Å². The van der Waals surface area contributed by atoms with Gasteiger partial charge in [-0.3, -0.25) is 14.6 Å². The Morgan fingerprint density at radius 1 is 1.38 bits per heavy atom. The average Bonchev–Trinajstić information content (AvgIpc) is 2.44. The topological polar surface area (TPSA) is 64.0 Å². The van der Waals surface area contributed by atoms with E-state index in [4.69, 9.17) is 0 Å². The van der Waals surface area contributed by atoms with E-state index in [1.54, 1.807) is 13.2 Å². The van der Waals surface area contributed by atoms with E-state index >= 15 is 0 Å². The van der Waals surface area contributed by atoms with Crippen LogP contribution >= 0.6 is 0 Å². The van der Waals surface area contributed by atoms with E-state index in [1.807, 2.05) is 26.0 Å². The molecule has 5 heteroatoms. The van der Waals surface area contributed by atoms with Crippen molar-refractivity contribution in [1.82, 2.24) is 14.9 Å². The molecule has 1 atom stereocenters. The summed E-state index contributed by atoms with van der Waals surface area (Å²) in [4.78, 5) is 27.8. The summed E-state index contributed by atoms with van der Waals surface area (Å²) >= 11 is 0. The van der Waals surface area contributed by atoms with Gasteiger partial charge in [-0.2, -0.15) is 0 Å². The van der Waals surface area contributed by atoms with Crippen molar-refractivity contribution in [2.24, 2.45) is 7.05 Å². The minimum Gasteiger partial charge on any atom is -0.349 e. The van der Waals surface area contributed by atoms with E-state index in [2.05, 4.69) is 10.3 Å². The molecule has 1 amide bonds. The van der Waals surface area contributed by atoms with Crippen LogP contribution in [0.2, 0.25) is 0 Å². The lowest BCUT2D eigenvalue weighted by molar-refractivity contribution is 0.0939. The van der Waals surface area contributed by atoms with Crippen LogP contribution in [0.5, 0.6) is 0 Å². The Labute approximate surface area is 123 Å². The Hall–Kier alpha value is -2.43. The Kier molecular flexibility index (Phi) is 4.52. The normalized spacial score (nSPS) is 12.0. The van der Waals surface area contributed by atoms with Crippen LogP contribution in [-0.2, 0) is 13.5 Å². The van der Waals surface area contributed by atoms with Crippen molar-refractivity contribution < 1.29 is 4.79 Å². The highest BCUT2D eigenvalue weighted by Crippen LogP contribution is 2.07. The monoisotopic (exact) mass is 285 g/mol. The zero-order valence-electron chi connectivity index (χ0n) is 12.5. The molecular formula is C16H19N3O2. The van der Waals surface area contributed by atoms with E-state index in [1.165, 1.54) is 22.9 Å². The molecule has 1 N–H and O–H groups in total. The molecule has 2 aromatic rings. The molecule has 2 aromatic heterocycles. The molecule has 0 aliphatic rings. The number of amides is 1. The van der Waals surface area contributed by atoms with E-state index in [0.717, 1.165) is 11.3 Å². The van der Waals surface area contributed by atoms with Gasteiger partial charge in [0.05, 0.1) is 5.56 Å². The number of aromatic nitrogens is 2. The second-order valence-electron chi connectivity index (χ2n) is 5.21. The largest absolute Gasteiger partial charge is 0.349 e. The van der Waals surface area contributed by atoms with Crippen molar-refractivity contribution in [2.75, 3.05) is 0 Å². The van der Waals surface area contributed by atoms with Crippen molar-refractivity contribution in [1.29, 1.82) is 0 Å². The van der Waals surface area contributed by atoms with Crippen LogP contribution in [0.3, 0.4) is 0 Å². The van der Waals surface area contributed by atoms with Crippen LogP contribution in [0.4, 0.5) is 0 Å². The van der Waals surface area contributed by atoms with Crippen LogP contribution < -0.4 is 10.9 Å². The van der Waals surface area contributed by atoms with Gasteiger partial charge < -0.3 is 9.88 Å². The number of carbonyl (C=O) groups is 1. The number of pyridine rings is 2. The molecular weight excluding hydrogens is 266 g/mol. The van der Waals surface area contributed by atoms with Crippen LogP contribution in [-0.4, -0.2) is 21.5 Å². The predicted octanol–water partition coefficient (Wildman–Crippen LogP) is 1.45. The summed E-state index contributed by atoms with van der Waals surface area (Å²) in [5.41, 5.74) is 2.43. The standard InChI is InChI=1S/C16H19N3O2/c1-11-5-4-8-17-14(11)9-12(2)18-16(21)13-6-7-15(20)19(3)10-13/h4-8,10,12H,9H2,1-3H3,(H,18,21)/t12-/m0/s1. The van der Waals surface area contributed by atoms with Crippen LogP contribution in [0.25, 0.3) is 0 Å². The zero-order chi connectivity index (χ0) is 15.4. The van der Waals surface area contributed by atoms with Crippen LogP contribution in [0, 0.1) is 6.92 Å². The zero-order valence-corrected chi connectivity index (χ0v) is 12.5. The third-order valence-electron chi connectivity index (χ3n) is 3.34. The van der Waals surface area contributed by atoms with Crippen LogP contribution in [0.15, 0.2) is 41.5 Å². The van der Waals surface area contributed by atoms with E-state index in [-0.39, 0.29) is 17.5 Å². The maximum absolute atomic E-state index is 12.1. The molecule has 0 spiro atoms. The van der Waals surface area contributed by atoms with E-state index in [0.29, 0.717) is 12.0 Å². The van der Waals surface area contributed by atoms with Gasteiger partial charge in [-0.25, -0.2) is 0 Å². The lowest BCUT2D eigenvalue weighted by atomic mass is 10.1. The summed E-state index contributed by atoms with van der Waals surface area (Å²) in [6.07, 6.45) is 3.96. The third kappa shape index (κ3) is 3.78. The van der Waals surface area contributed by atoms with Gasteiger partial charge in [-0.1, -0.05) is 6.07 Å². The van der Waals surface area contributed by atoms with Gasteiger partial charge in [0.2, 0.25) is 5.56 Å². The van der Waals surface area contributed by atoms with E-state index in [9.17, 15) is 9.59 Å². The lowest BCUT2D eigenvalue weighted by Crippen LogP contribution is -2.35. The predicted molar refractivity (Wildman–Crippen MR) is 81.3 cm³/mol. The number of carbonyl (C=O) groups excluding carboxylic acids is 1. The van der Waals surface area contributed by atoms with Crippen molar-refractivity contribution in [2.45, 2.75) is 26.3 Å². The van der Waals surface area contributed by atoms with Crippen molar-refractivity contribution in [3.05, 3.63) is 63.8 Å². The molecule has 5 nitrogen and oxygen atoms in total. The molecule has 0 unspecified atom stereocenters. The maximum atomic E-state index is 12.1. The molecule has 0 aliphatic carbocycles. The summed E-state index contributed by atoms with van der Waals surface area (Å²) in [5, 5.41) is 2.92. The highest BCUT2D eigenvalue weighted by molar-refractivity contribution is 5.94. The van der Waals surface area contributed by atoms with Gasteiger partial charge in [0.15, 0.2) is 0 Å². The minimum atomic E-state index is -0.188. The van der Waals surface area contributed by atoms with Crippen molar-refractivity contribution >= 4 is 5.91 Å². The Bertz CT molecular complexity index is 707. The summed E-state index contributed by atoms with van der Waals surface area (Å²) in [6.45, 7) is 3.94. The first-order valence-corrected chi connectivity index (χ1v) is 6.85. The molecule has 2 rings (SSSR count). The molecule has 0 aliphatic heterocycles. The number of nitrogens with zero attached hydrogens (tertiary/aromatic N) is 2. The summed E-state index contributed by atoms with van der Waals surface area (Å²) in [6, 6.07) is 6.79. The molecule has 0 saturated heterocycles. The van der Waals surface area contributed by atoms with Crippen LogP contribution in [0.1, 0.15) is 28.5 Å². The Balaban J connectivity index is 2.03. The fourth-order valence-electron chi connectivity index (χ4n) is 2.11. The Morgan fingerprint density at radius 2 is 2.14 bits per heavy atom. The second-order valence-corrected chi connectivity index (χ2v) is 5.21. The smallest absolute Gasteiger partial charge is 0.252 e. The van der Waals surface area contributed by atoms with Gasteiger partial charge in [0, 0.05) is 43.7 Å². The first-order chi connectivity index (χ1) is 9.97. The first kappa shape index (κ1) is 15.0. The van der Waals surface area contributed by atoms with Crippen molar-refractivity contribution in [3.8, 4) is 0 Å². The SMILES string of the molecule is Cc1cccnc1C[C@H](C)NC(=O)c1ccc(=O)n(C)c1. The van der Waals surface area contributed by atoms with Gasteiger partial charge in [-0.15, -0.1) is 0 Å². The quantitative estimate of drug-likeness (QED) is 0.924. The highest BCUT2D eigenvalue weighted by atomic mass is 16.2. The highest BCUT2D eigenvalue weighted by Gasteiger charge is 2.12. The first-order valence-electron chi connectivity index (χ1n) is 6.85. The van der Waals surface area contributed by atoms with Gasteiger partial charge in [0.25, 0.3) is 5.91 Å². The fourth-order valence-corrected chi connectivity index (χ4v) is 2.11. The molecule has 2 heterocycles. The number of nitrogens with one attached hydrogen (secondary N) is 1. The number of hydrogen-bond acceptors (Lipinski definition) is 3. The summed E-state index contributed by atoms with van der Waals surface area (Å²) in [7, 11) is 1.62. The lowest BCUT2D eigenvalue weighted by Gasteiger charge is -2.15. The number of aryl methyl sites for hydroxylation is 2. The summed E-state index contributed by atoms with van der Waals surface area (Å²) < 4.78 is 1.39. The number of hydrogen-bond donors (Lipinski definition) is 1. The number of rotatable bonds is 4.